The molecule has 2 aromatic carbocycles. The Morgan fingerprint density at radius 1 is 1.08 bits per heavy atom. The first-order valence-corrected chi connectivity index (χ1v) is 8.71. The number of ether oxygens (including phenoxy) is 1. The maximum absolute atomic E-state index is 12.4. The molecule has 1 aromatic heterocycles. The van der Waals surface area contributed by atoms with Gasteiger partial charge in [-0.25, -0.2) is 4.79 Å². The highest BCUT2D eigenvalue weighted by atomic mass is 32.2. The van der Waals surface area contributed by atoms with E-state index in [1.807, 2.05) is 26.0 Å². The van der Waals surface area contributed by atoms with Crippen molar-refractivity contribution in [3.8, 4) is 0 Å². The summed E-state index contributed by atoms with van der Waals surface area (Å²) in [5.41, 5.74) is 3.74. The number of hydrogen-bond donors (Lipinski definition) is 0. The molecule has 0 aliphatic carbocycles. The van der Waals surface area contributed by atoms with Crippen molar-refractivity contribution in [2.75, 3.05) is 6.61 Å². The monoisotopic (exact) mass is 337 g/mol. The number of pyridine rings is 1. The van der Waals surface area contributed by atoms with Gasteiger partial charge in [-0.3, -0.25) is 4.98 Å². The molecule has 3 nitrogen and oxygen atoms in total. The SMILES string of the molecule is CCOC(=O)c1cnc2ccc(C)cc2c1Sc1ccc(C)cc1. The Morgan fingerprint density at radius 2 is 1.79 bits per heavy atom. The lowest BCUT2D eigenvalue weighted by Crippen LogP contribution is -2.07. The van der Waals surface area contributed by atoms with Crippen LogP contribution in [0, 0.1) is 13.8 Å². The molecule has 3 rings (SSSR count). The number of nitrogens with zero attached hydrogens (tertiary/aromatic N) is 1. The Hall–Kier alpha value is -2.33. The van der Waals surface area contributed by atoms with Gasteiger partial charge in [-0.1, -0.05) is 41.1 Å². The molecule has 0 aliphatic heterocycles. The number of carbonyl (C=O) groups is 1. The minimum absolute atomic E-state index is 0.331. The van der Waals surface area contributed by atoms with Crippen molar-refractivity contribution in [2.24, 2.45) is 0 Å². The third-order valence-electron chi connectivity index (χ3n) is 3.71. The van der Waals surface area contributed by atoms with Crippen LogP contribution in [-0.2, 0) is 4.74 Å². The molecule has 0 atom stereocenters. The van der Waals surface area contributed by atoms with Gasteiger partial charge in [-0.2, -0.15) is 0 Å². The average Bonchev–Trinajstić information content (AvgIpc) is 2.57. The highest BCUT2D eigenvalue weighted by Gasteiger charge is 2.17. The van der Waals surface area contributed by atoms with E-state index in [1.54, 1.807) is 18.0 Å². The largest absolute Gasteiger partial charge is 0.462 e. The highest BCUT2D eigenvalue weighted by molar-refractivity contribution is 7.99. The molecule has 1 heterocycles. The lowest BCUT2D eigenvalue weighted by molar-refractivity contribution is 0.0522. The first kappa shape index (κ1) is 16.5. The molecule has 0 fully saturated rings. The molecule has 4 heteroatoms. The van der Waals surface area contributed by atoms with E-state index in [0.29, 0.717) is 12.2 Å². The third-order valence-corrected chi connectivity index (χ3v) is 4.86. The smallest absolute Gasteiger partial charge is 0.340 e. The summed E-state index contributed by atoms with van der Waals surface area (Å²) in [7, 11) is 0. The molecule has 0 radical (unpaired) electrons. The first-order chi connectivity index (χ1) is 11.6. The summed E-state index contributed by atoms with van der Waals surface area (Å²) >= 11 is 1.57. The van der Waals surface area contributed by atoms with E-state index >= 15 is 0 Å². The molecule has 3 aromatic rings. The van der Waals surface area contributed by atoms with E-state index in [0.717, 1.165) is 26.3 Å². The van der Waals surface area contributed by atoms with Crippen LogP contribution < -0.4 is 0 Å². The van der Waals surface area contributed by atoms with Crippen LogP contribution in [-0.4, -0.2) is 17.6 Å². The Morgan fingerprint density at radius 3 is 2.50 bits per heavy atom. The Balaban J connectivity index is 2.16. The lowest BCUT2D eigenvalue weighted by Gasteiger charge is -2.12. The van der Waals surface area contributed by atoms with Crippen molar-refractivity contribution >= 4 is 28.6 Å². The van der Waals surface area contributed by atoms with Gasteiger partial charge < -0.3 is 4.74 Å². The predicted octanol–water partition coefficient (Wildman–Crippen LogP) is 5.18. The predicted molar refractivity (Wildman–Crippen MR) is 97.7 cm³/mol. The normalized spacial score (nSPS) is 10.8. The van der Waals surface area contributed by atoms with Gasteiger partial charge in [0.15, 0.2) is 0 Å². The summed E-state index contributed by atoms with van der Waals surface area (Å²) in [6.45, 7) is 6.25. The fourth-order valence-electron chi connectivity index (χ4n) is 2.47. The topological polar surface area (TPSA) is 39.2 Å². The first-order valence-electron chi connectivity index (χ1n) is 7.89. The van der Waals surface area contributed by atoms with E-state index in [9.17, 15) is 4.79 Å². The van der Waals surface area contributed by atoms with Crippen molar-refractivity contribution in [1.29, 1.82) is 0 Å². The third kappa shape index (κ3) is 3.44. The van der Waals surface area contributed by atoms with Crippen LogP contribution in [0.5, 0.6) is 0 Å². The van der Waals surface area contributed by atoms with Crippen molar-refractivity contribution in [1.82, 2.24) is 4.98 Å². The minimum Gasteiger partial charge on any atom is -0.462 e. The van der Waals surface area contributed by atoms with E-state index in [-0.39, 0.29) is 5.97 Å². The Bertz CT molecular complexity index is 888. The van der Waals surface area contributed by atoms with Gasteiger partial charge in [0.1, 0.15) is 0 Å². The zero-order valence-electron chi connectivity index (χ0n) is 14.0. The standard InChI is InChI=1S/C20H19NO2S/c1-4-23-20(22)17-12-21-18-10-7-14(3)11-16(18)19(17)24-15-8-5-13(2)6-9-15/h5-12H,4H2,1-3H3. The molecule has 0 amide bonds. The van der Waals surface area contributed by atoms with Crippen LogP contribution in [0.25, 0.3) is 10.9 Å². The quantitative estimate of drug-likeness (QED) is 0.615. The molecule has 0 bridgehead atoms. The minimum atomic E-state index is -0.331. The summed E-state index contributed by atoms with van der Waals surface area (Å²) < 4.78 is 5.21. The molecule has 0 saturated carbocycles. The van der Waals surface area contributed by atoms with Gasteiger partial charge in [0.05, 0.1) is 17.7 Å². The van der Waals surface area contributed by atoms with Crippen LogP contribution in [0.3, 0.4) is 0 Å². The second-order valence-corrected chi connectivity index (χ2v) is 6.74. The number of rotatable bonds is 4. The van der Waals surface area contributed by atoms with E-state index in [4.69, 9.17) is 4.74 Å². The molecule has 0 N–H and O–H groups in total. The molecule has 0 unspecified atom stereocenters. The lowest BCUT2D eigenvalue weighted by atomic mass is 10.1. The Kier molecular flexibility index (Phi) is 4.86. The molecule has 24 heavy (non-hydrogen) atoms. The number of esters is 1. The number of fused-ring (bicyclic) bond motifs is 1. The van der Waals surface area contributed by atoms with Crippen LogP contribution in [0.2, 0.25) is 0 Å². The van der Waals surface area contributed by atoms with Crippen molar-refractivity contribution in [3.05, 3.63) is 65.4 Å². The number of carbonyl (C=O) groups excluding carboxylic acids is 1. The molecule has 122 valence electrons. The number of aryl methyl sites for hydroxylation is 2. The van der Waals surface area contributed by atoms with Crippen LogP contribution in [0.1, 0.15) is 28.4 Å². The van der Waals surface area contributed by atoms with E-state index < -0.39 is 0 Å². The van der Waals surface area contributed by atoms with Crippen LogP contribution in [0.15, 0.2) is 58.5 Å². The number of aromatic nitrogens is 1. The second kappa shape index (κ2) is 7.05. The Labute approximate surface area is 146 Å². The van der Waals surface area contributed by atoms with E-state index in [1.165, 1.54) is 5.56 Å². The summed E-state index contributed by atoms with van der Waals surface area (Å²) in [6.07, 6.45) is 1.62. The fourth-order valence-corrected chi connectivity index (χ4v) is 3.50. The molecule has 0 saturated heterocycles. The highest BCUT2D eigenvalue weighted by Crippen LogP contribution is 2.36. The van der Waals surface area contributed by atoms with Gasteiger partial charge in [0.25, 0.3) is 0 Å². The van der Waals surface area contributed by atoms with Gasteiger partial charge in [-0.05, 0) is 45.0 Å². The van der Waals surface area contributed by atoms with Gasteiger partial charge in [0, 0.05) is 21.4 Å². The summed E-state index contributed by atoms with van der Waals surface area (Å²) in [5, 5.41) is 0.978. The summed E-state index contributed by atoms with van der Waals surface area (Å²) in [4.78, 5) is 18.8. The zero-order valence-corrected chi connectivity index (χ0v) is 14.8. The second-order valence-electron chi connectivity index (χ2n) is 5.66. The van der Waals surface area contributed by atoms with Gasteiger partial charge in [-0.15, -0.1) is 0 Å². The molecular weight excluding hydrogens is 318 g/mol. The van der Waals surface area contributed by atoms with Crippen molar-refractivity contribution in [3.63, 3.8) is 0 Å². The summed E-state index contributed by atoms with van der Waals surface area (Å²) in [6, 6.07) is 14.4. The fraction of sp³-hybridized carbons (Fsp3) is 0.200. The maximum atomic E-state index is 12.4. The van der Waals surface area contributed by atoms with Gasteiger partial charge >= 0.3 is 5.97 Å². The number of hydrogen-bond acceptors (Lipinski definition) is 4. The van der Waals surface area contributed by atoms with Crippen LogP contribution >= 0.6 is 11.8 Å². The van der Waals surface area contributed by atoms with E-state index in [2.05, 4.69) is 42.2 Å². The zero-order chi connectivity index (χ0) is 17.1. The molecular formula is C20H19NO2S. The van der Waals surface area contributed by atoms with Gasteiger partial charge in [0.2, 0.25) is 0 Å². The summed E-state index contributed by atoms with van der Waals surface area (Å²) in [5.74, 6) is -0.331. The average molecular weight is 337 g/mol. The molecule has 0 spiro atoms. The van der Waals surface area contributed by atoms with Crippen LogP contribution in [0.4, 0.5) is 0 Å². The van der Waals surface area contributed by atoms with Crippen molar-refractivity contribution in [2.45, 2.75) is 30.6 Å². The molecule has 0 aliphatic rings. The van der Waals surface area contributed by atoms with Crippen molar-refractivity contribution < 1.29 is 9.53 Å². The number of benzene rings is 2. The maximum Gasteiger partial charge on any atom is 0.340 e.